The molecule has 1 atom stereocenters. The number of rotatable bonds is 5. The van der Waals surface area contributed by atoms with Gasteiger partial charge in [-0.3, -0.25) is 0 Å². The van der Waals surface area contributed by atoms with Gasteiger partial charge in [-0.15, -0.1) is 0 Å². The lowest BCUT2D eigenvalue weighted by Gasteiger charge is -2.40. The van der Waals surface area contributed by atoms with E-state index in [1.165, 1.54) is 0 Å². The predicted molar refractivity (Wildman–Crippen MR) is 73.0 cm³/mol. The van der Waals surface area contributed by atoms with Gasteiger partial charge in [0.25, 0.3) is 0 Å². The van der Waals surface area contributed by atoms with E-state index in [0.29, 0.717) is 13.2 Å². The lowest BCUT2D eigenvalue weighted by molar-refractivity contribution is -0.135. The van der Waals surface area contributed by atoms with Gasteiger partial charge >= 0.3 is 0 Å². The fourth-order valence-corrected chi connectivity index (χ4v) is 2.45. The highest BCUT2D eigenvalue weighted by molar-refractivity contribution is 5.81. The molecule has 1 aliphatic heterocycles. The number of benzene rings is 1. The van der Waals surface area contributed by atoms with Crippen LogP contribution in [0.2, 0.25) is 0 Å². The zero-order valence-corrected chi connectivity index (χ0v) is 11.1. The van der Waals surface area contributed by atoms with Crippen LogP contribution in [0, 0.1) is 5.41 Å². The van der Waals surface area contributed by atoms with Crippen LogP contribution in [-0.4, -0.2) is 31.5 Å². The largest absolute Gasteiger partial charge is 0.464 e. The first kappa shape index (κ1) is 12.7. The Morgan fingerprint density at radius 3 is 2.84 bits per heavy atom. The van der Waals surface area contributed by atoms with E-state index in [0.717, 1.165) is 23.1 Å². The van der Waals surface area contributed by atoms with Crippen molar-refractivity contribution in [2.24, 2.45) is 5.41 Å². The maximum Gasteiger partial charge on any atom is 0.134 e. The number of hydrogen-bond acceptors (Lipinski definition) is 4. The molecule has 4 heteroatoms. The predicted octanol–water partition coefficient (Wildman–Crippen LogP) is 2.09. The third-order valence-corrected chi connectivity index (χ3v) is 3.91. The zero-order chi connectivity index (χ0) is 13.3. The Morgan fingerprint density at radius 1 is 1.37 bits per heavy atom. The molecule has 0 saturated carbocycles. The van der Waals surface area contributed by atoms with Crippen molar-refractivity contribution in [3.05, 3.63) is 36.1 Å². The number of hydrogen-bond donors (Lipinski definition) is 2. The standard InChI is InChI=1S/C15H19NO3/c1-11(16-7-15(8-17)9-18-10-15)13-6-19-14-5-3-2-4-12(13)14/h2-6,11,16-17H,7-10H2,1H3. The molecule has 2 aromatic rings. The minimum Gasteiger partial charge on any atom is -0.464 e. The summed E-state index contributed by atoms with van der Waals surface area (Å²) in [5.74, 6) is 0. The molecule has 0 bridgehead atoms. The summed E-state index contributed by atoms with van der Waals surface area (Å²) in [5, 5.41) is 14.0. The number of fused-ring (bicyclic) bond motifs is 1. The molecule has 4 nitrogen and oxygen atoms in total. The quantitative estimate of drug-likeness (QED) is 0.865. The van der Waals surface area contributed by atoms with Crippen LogP contribution < -0.4 is 5.32 Å². The fraction of sp³-hybridized carbons (Fsp3) is 0.467. The Hall–Kier alpha value is -1.36. The number of aliphatic hydroxyl groups is 1. The van der Waals surface area contributed by atoms with Gasteiger partial charge in [-0.1, -0.05) is 18.2 Å². The van der Waals surface area contributed by atoms with Crippen LogP contribution in [0.3, 0.4) is 0 Å². The number of furan rings is 1. The first-order valence-electron chi connectivity index (χ1n) is 6.62. The molecular formula is C15H19NO3. The molecule has 0 aliphatic carbocycles. The average molecular weight is 261 g/mol. The van der Waals surface area contributed by atoms with Crippen molar-refractivity contribution in [2.75, 3.05) is 26.4 Å². The number of ether oxygens (including phenoxy) is 1. The summed E-state index contributed by atoms with van der Waals surface area (Å²) in [6, 6.07) is 8.22. The van der Waals surface area contributed by atoms with E-state index in [-0.39, 0.29) is 18.1 Å². The molecule has 2 N–H and O–H groups in total. The van der Waals surface area contributed by atoms with Crippen molar-refractivity contribution < 1.29 is 14.3 Å². The molecule has 0 radical (unpaired) electrons. The Balaban J connectivity index is 1.71. The van der Waals surface area contributed by atoms with Crippen molar-refractivity contribution in [1.29, 1.82) is 0 Å². The van der Waals surface area contributed by atoms with E-state index in [1.807, 2.05) is 24.5 Å². The number of para-hydroxylation sites is 1. The Labute approximate surface area is 112 Å². The second kappa shape index (κ2) is 4.96. The van der Waals surface area contributed by atoms with E-state index < -0.39 is 0 Å². The molecule has 102 valence electrons. The van der Waals surface area contributed by atoms with Crippen LogP contribution in [0.25, 0.3) is 11.0 Å². The van der Waals surface area contributed by atoms with Crippen molar-refractivity contribution >= 4 is 11.0 Å². The molecule has 1 aliphatic rings. The molecular weight excluding hydrogens is 242 g/mol. The highest BCUT2D eigenvalue weighted by Crippen LogP contribution is 2.29. The smallest absolute Gasteiger partial charge is 0.134 e. The minimum atomic E-state index is -0.103. The van der Waals surface area contributed by atoms with Crippen molar-refractivity contribution in [2.45, 2.75) is 13.0 Å². The van der Waals surface area contributed by atoms with Gasteiger partial charge in [0.15, 0.2) is 0 Å². The topological polar surface area (TPSA) is 54.6 Å². The second-order valence-corrected chi connectivity index (χ2v) is 5.44. The monoisotopic (exact) mass is 261 g/mol. The Morgan fingerprint density at radius 2 is 2.16 bits per heavy atom. The number of aliphatic hydroxyl groups excluding tert-OH is 1. The molecule has 3 rings (SSSR count). The SMILES string of the molecule is CC(NCC1(CO)COC1)c1coc2ccccc12. The molecule has 19 heavy (non-hydrogen) atoms. The van der Waals surface area contributed by atoms with Crippen molar-refractivity contribution in [3.8, 4) is 0 Å². The van der Waals surface area contributed by atoms with Gasteiger partial charge in [0, 0.05) is 23.5 Å². The third-order valence-electron chi connectivity index (χ3n) is 3.91. The van der Waals surface area contributed by atoms with Crippen LogP contribution >= 0.6 is 0 Å². The van der Waals surface area contributed by atoms with Crippen LogP contribution in [-0.2, 0) is 4.74 Å². The average Bonchev–Trinajstić information content (AvgIpc) is 2.81. The highest BCUT2D eigenvalue weighted by Gasteiger charge is 2.38. The number of nitrogens with one attached hydrogen (secondary N) is 1. The lowest BCUT2D eigenvalue weighted by atomic mass is 9.86. The van der Waals surface area contributed by atoms with Gasteiger partial charge in [0.05, 0.1) is 31.5 Å². The molecule has 0 spiro atoms. The minimum absolute atomic E-state index is 0.103. The van der Waals surface area contributed by atoms with Crippen LogP contribution in [0.4, 0.5) is 0 Å². The molecule has 1 saturated heterocycles. The van der Waals surface area contributed by atoms with Gasteiger partial charge in [0.1, 0.15) is 5.58 Å². The third kappa shape index (κ3) is 2.27. The highest BCUT2D eigenvalue weighted by atomic mass is 16.5. The van der Waals surface area contributed by atoms with E-state index in [4.69, 9.17) is 9.15 Å². The maximum atomic E-state index is 9.41. The van der Waals surface area contributed by atoms with E-state index in [9.17, 15) is 5.11 Å². The summed E-state index contributed by atoms with van der Waals surface area (Å²) < 4.78 is 10.8. The molecule has 1 unspecified atom stereocenters. The van der Waals surface area contributed by atoms with E-state index in [2.05, 4.69) is 18.3 Å². The van der Waals surface area contributed by atoms with Gasteiger partial charge < -0.3 is 19.6 Å². The van der Waals surface area contributed by atoms with Crippen molar-refractivity contribution in [1.82, 2.24) is 5.32 Å². The van der Waals surface area contributed by atoms with Crippen molar-refractivity contribution in [3.63, 3.8) is 0 Å². The Bertz CT molecular complexity index is 554. The summed E-state index contributed by atoms with van der Waals surface area (Å²) in [4.78, 5) is 0. The zero-order valence-electron chi connectivity index (χ0n) is 11.1. The van der Waals surface area contributed by atoms with Crippen LogP contribution in [0.1, 0.15) is 18.5 Å². The summed E-state index contributed by atoms with van der Waals surface area (Å²) in [6.07, 6.45) is 1.81. The second-order valence-electron chi connectivity index (χ2n) is 5.44. The molecule has 1 fully saturated rings. The summed E-state index contributed by atoms with van der Waals surface area (Å²) >= 11 is 0. The molecule has 0 amide bonds. The summed E-state index contributed by atoms with van der Waals surface area (Å²) in [7, 11) is 0. The van der Waals surface area contributed by atoms with E-state index >= 15 is 0 Å². The Kier molecular flexibility index (Phi) is 3.31. The molecule has 2 heterocycles. The van der Waals surface area contributed by atoms with E-state index in [1.54, 1.807) is 0 Å². The summed E-state index contributed by atoms with van der Waals surface area (Å²) in [5.41, 5.74) is 1.97. The molecule has 1 aromatic carbocycles. The van der Waals surface area contributed by atoms with Gasteiger partial charge in [-0.25, -0.2) is 0 Å². The normalized spacial score (nSPS) is 19.3. The first-order valence-corrected chi connectivity index (χ1v) is 6.62. The van der Waals surface area contributed by atoms with Crippen LogP contribution in [0.5, 0.6) is 0 Å². The van der Waals surface area contributed by atoms with Crippen LogP contribution in [0.15, 0.2) is 34.9 Å². The first-order chi connectivity index (χ1) is 9.24. The lowest BCUT2D eigenvalue weighted by Crippen LogP contribution is -2.52. The van der Waals surface area contributed by atoms with Gasteiger partial charge in [-0.2, -0.15) is 0 Å². The molecule has 1 aromatic heterocycles. The van der Waals surface area contributed by atoms with Gasteiger partial charge in [0.2, 0.25) is 0 Å². The fourth-order valence-electron chi connectivity index (χ4n) is 2.45. The summed E-state index contributed by atoms with van der Waals surface area (Å²) in [6.45, 7) is 4.30. The maximum absolute atomic E-state index is 9.41. The van der Waals surface area contributed by atoms with Gasteiger partial charge in [-0.05, 0) is 13.0 Å².